The summed E-state index contributed by atoms with van der Waals surface area (Å²) in [7, 11) is 0. The van der Waals surface area contributed by atoms with Crippen LogP contribution in [0.15, 0.2) is 36.0 Å². The molecule has 1 aromatic carbocycles. The van der Waals surface area contributed by atoms with Gasteiger partial charge in [-0.2, -0.15) is 0 Å². The molecule has 1 saturated heterocycles. The molecule has 2 aromatic rings. The molecule has 1 fully saturated rings. The molecule has 0 unspecified atom stereocenters. The van der Waals surface area contributed by atoms with Crippen LogP contribution < -0.4 is 11.2 Å². The number of aryl methyl sites for hydroxylation is 1. The number of carbonyl (C=O) groups is 3. The Kier molecular flexibility index (Phi) is 5.09. The molecule has 4 rings (SSSR count). The number of thioether (sulfide) groups is 1. The lowest BCUT2D eigenvalue weighted by Gasteiger charge is -2.49. The van der Waals surface area contributed by atoms with Gasteiger partial charge < -0.3 is 11.2 Å². The quantitative estimate of drug-likeness (QED) is 0.349. The number of thiol groups is 1. The van der Waals surface area contributed by atoms with Crippen LogP contribution in [0, 0.1) is 6.92 Å². The molecule has 2 atom stereocenters. The molecule has 2 aliphatic heterocycles. The number of hydrogen-bond acceptors (Lipinski definition) is 7. The van der Waals surface area contributed by atoms with Crippen molar-refractivity contribution < 1.29 is 14.4 Å². The van der Waals surface area contributed by atoms with Gasteiger partial charge in [0, 0.05) is 11.3 Å². The highest BCUT2D eigenvalue weighted by atomic mass is 32.2. The third-order valence-corrected chi connectivity index (χ3v) is 6.32. The number of amides is 2. The molecule has 2 aliphatic rings. The van der Waals surface area contributed by atoms with Gasteiger partial charge in [0.25, 0.3) is 5.91 Å². The summed E-state index contributed by atoms with van der Waals surface area (Å²) >= 11 is 5.37. The highest BCUT2D eigenvalue weighted by molar-refractivity contribution is 8.00. The van der Waals surface area contributed by atoms with Crippen LogP contribution in [0.25, 0.3) is 5.57 Å². The van der Waals surface area contributed by atoms with E-state index in [4.69, 9.17) is 5.84 Å². The smallest absolute Gasteiger partial charge is 0.253 e. The fraction of sp³-hybridized carbons (Fsp3) is 0.278. The molecule has 0 spiro atoms. The molecule has 2 amide bonds. The molecule has 0 radical (unpaired) electrons. The lowest BCUT2D eigenvalue weighted by atomic mass is 10.0. The van der Waals surface area contributed by atoms with Gasteiger partial charge in [-0.15, -0.1) is 22.0 Å². The molecule has 0 bridgehead atoms. The van der Waals surface area contributed by atoms with E-state index in [2.05, 4.69) is 28.1 Å². The Morgan fingerprint density at radius 3 is 2.66 bits per heavy atom. The van der Waals surface area contributed by atoms with Crippen LogP contribution in [0.5, 0.6) is 0 Å². The second-order valence-electron chi connectivity index (χ2n) is 6.69. The molecule has 3 N–H and O–H groups in total. The van der Waals surface area contributed by atoms with Gasteiger partial charge in [-0.25, -0.2) is 4.68 Å². The number of benzene rings is 1. The predicted octanol–water partition coefficient (Wildman–Crippen LogP) is 0.110. The first-order chi connectivity index (χ1) is 13.9. The van der Waals surface area contributed by atoms with E-state index >= 15 is 0 Å². The third-order valence-electron chi connectivity index (χ3n) is 4.83. The van der Waals surface area contributed by atoms with E-state index in [1.54, 1.807) is 6.92 Å². The number of nitrogens with zero attached hydrogens (tertiary/aromatic N) is 4. The second kappa shape index (κ2) is 7.56. The van der Waals surface area contributed by atoms with Crippen molar-refractivity contribution in [3.63, 3.8) is 0 Å². The van der Waals surface area contributed by atoms with Crippen LogP contribution in [-0.4, -0.2) is 53.9 Å². The summed E-state index contributed by atoms with van der Waals surface area (Å²) in [6.45, 7) is 1.69. The summed E-state index contributed by atoms with van der Waals surface area (Å²) in [4.78, 5) is 38.7. The number of β-lactam (4-membered cyclic amide) rings is 1. The summed E-state index contributed by atoms with van der Waals surface area (Å²) in [6.07, 6.45) is 0.178. The van der Waals surface area contributed by atoms with Gasteiger partial charge in [-0.05, 0) is 12.5 Å². The zero-order valence-corrected chi connectivity index (χ0v) is 17.1. The molecule has 150 valence electrons. The Hall–Kier alpha value is -2.79. The summed E-state index contributed by atoms with van der Waals surface area (Å²) in [5.41, 5.74) is 1.49. The van der Waals surface area contributed by atoms with Crippen LogP contribution in [0.3, 0.4) is 0 Å². The van der Waals surface area contributed by atoms with Crippen molar-refractivity contribution in [3.8, 4) is 0 Å². The first-order valence-corrected chi connectivity index (χ1v) is 10.3. The van der Waals surface area contributed by atoms with Crippen LogP contribution in [0.4, 0.5) is 0 Å². The summed E-state index contributed by atoms with van der Waals surface area (Å²) in [5.74, 6) is 6.51. The minimum absolute atomic E-state index is 0.134. The van der Waals surface area contributed by atoms with Crippen molar-refractivity contribution in [3.05, 3.63) is 53.2 Å². The Bertz CT molecular complexity index is 1040. The Balaban J connectivity index is 1.55. The molecule has 9 nitrogen and oxygen atoms in total. The van der Waals surface area contributed by atoms with E-state index in [1.807, 2.05) is 30.3 Å². The van der Waals surface area contributed by atoms with Crippen molar-refractivity contribution in [1.82, 2.24) is 25.1 Å². The SMILES string of the molecule is Cc1nnc(C2=C(C(=O)S)N3C(=O)[C@@H](NC(=O)Cc4ccccc4)[C@H]3SC2)n1N. The third kappa shape index (κ3) is 3.40. The predicted molar refractivity (Wildman–Crippen MR) is 111 cm³/mol. The number of aromatic nitrogens is 3. The standard InChI is InChI=1S/C18H18N6O3S2/c1-9-21-22-15(24(9)19)11-8-29-17-13(16(26)23(17)14(11)18(27)28)20-12(25)7-10-5-3-2-4-6-10/h2-6,13,17H,7-8,19H2,1H3,(H,20,25)(H,27,28)/t13-,17-/m1/s1. The number of rotatable bonds is 5. The van der Waals surface area contributed by atoms with Crippen LogP contribution in [-0.2, 0) is 20.8 Å². The molecule has 1 aromatic heterocycles. The number of nitrogens with one attached hydrogen (secondary N) is 1. The maximum absolute atomic E-state index is 12.8. The number of carbonyl (C=O) groups excluding carboxylic acids is 3. The monoisotopic (exact) mass is 430 g/mol. The summed E-state index contributed by atoms with van der Waals surface area (Å²) in [5, 5.41) is 9.76. The van der Waals surface area contributed by atoms with Gasteiger partial charge in [0.05, 0.1) is 6.42 Å². The number of nitrogen functional groups attached to an aromatic ring is 1. The largest absolute Gasteiger partial charge is 0.341 e. The fourth-order valence-corrected chi connectivity index (χ4v) is 4.95. The summed E-state index contributed by atoms with van der Waals surface area (Å²) < 4.78 is 1.27. The normalized spacial score (nSPS) is 20.9. The van der Waals surface area contributed by atoms with E-state index in [9.17, 15) is 14.4 Å². The van der Waals surface area contributed by atoms with Crippen molar-refractivity contribution in [2.75, 3.05) is 11.6 Å². The average Bonchev–Trinajstić information content (AvgIpc) is 3.04. The molecule has 0 saturated carbocycles. The molecule has 0 aliphatic carbocycles. The van der Waals surface area contributed by atoms with E-state index in [0.717, 1.165) is 5.56 Å². The van der Waals surface area contributed by atoms with E-state index in [1.165, 1.54) is 21.3 Å². The molecule has 3 heterocycles. The van der Waals surface area contributed by atoms with Gasteiger partial charge in [-0.1, -0.05) is 43.0 Å². The second-order valence-corrected chi connectivity index (χ2v) is 8.20. The highest BCUT2D eigenvalue weighted by Gasteiger charge is 2.54. The highest BCUT2D eigenvalue weighted by Crippen LogP contribution is 2.43. The van der Waals surface area contributed by atoms with E-state index < -0.39 is 11.2 Å². The zero-order valence-electron chi connectivity index (χ0n) is 15.4. The molecule has 11 heteroatoms. The zero-order chi connectivity index (χ0) is 20.7. The maximum atomic E-state index is 12.8. The first-order valence-electron chi connectivity index (χ1n) is 8.80. The van der Waals surface area contributed by atoms with Gasteiger partial charge in [-0.3, -0.25) is 19.3 Å². The van der Waals surface area contributed by atoms with Crippen molar-refractivity contribution in [1.29, 1.82) is 0 Å². The van der Waals surface area contributed by atoms with Gasteiger partial charge in [0.15, 0.2) is 5.82 Å². The Morgan fingerprint density at radius 2 is 2.03 bits per heavy atom. The first kappa shape index (κ1) is 19.5. The molecular formula is C18H18N6O3S2. The summed E-state index contributed by atoms with van der Waals surface area (Å²) in [6, 6.07) is 8.58. The van der Waals surface area contributed by atoms with Gasteiger partial charge >= 0.3 is 0 Å². The van der Waals surface area contributed by atoms with Crippen molar-refractivity contribution >= 4 is 46.9 Å². The van der Waals surface area contributed by atoms with Crippen LogP contribution in [0.1, 0.15) is 17.2 Å². The van der Waals surface area contributed by atoms with Crippen molar-refractivity contribution in [2.24, 2.45) is 0 Å². The number of hydrogen-bond donors (Lipinski definition) is 3. The Labute approximate surface area is 176 Å². The number of fused-ring (bicyclic) bond motifs is 1. The average molecular weight is 431 g/mol. The van der Waals surface area contributed by atoms with Gasteiger partial charge in [0.2, 0.25) is 11.0 Å². The fourth-order valence-electron chi connectivity index (χ4n) is 3.37. The van der Waals surface area contributed by atoms with Crippen LogP contribution >= 0.6 is 24.4 Å². The van der Waals surface area contributed by atoms with Gasteiger partial charge in [0.1, 0.15) is 22.9 Å². The molecular weight excluding hydrogens is 412 g/mol. The number of nitrogens with two attached hydrogens (primary N) is 1. The van der Waals surface area contributed by atoms with Crippen LogP contribution in [0.2, 0.25) is 0 Å². The minimum Gasteiger partial charge on any atom is -0.341 e. The molecule has 29 heavy (non-hydrogen) atoms. The minimum atomic E-state index is -0.696. The van der Waals surface area contributed by atoms with Crippen molar-refractivity contribution in [2.45, 2.75) is 24.8 Å². The lowest BCUT2D eigenvalue weighted by molar-refractivity contribution is -0.146. The topological polar surface area (TPSA) is 123 Å². The van der Waals surface area contributed by atoms with E-state index in [0.29, 0.717) is 23.0 Å². The lowest BCUT2D eigenvalue weighted by Crippen LogP contribution is -2.70. The Morgan fingerprint density at radius 1 is 1.31 bits per heavy atom. The maximum Gasteiger partial charge on any atom is 0.253 e. The van der Waals surface area contributed by atoms with E-state index in [-0.39, 0.29) is 29.3 Å².